The summed E-state index contributed by atoms with van der Waals surface area (Å²) in [5, 5.41) is 12.1. The summed E-state index contributed by atoms with van der Waals surface area (Å²) in [6, 6.07) is 9.20. The van der Waals surface area contributed by atoms with Gasteiger partial charge in [-0.3, -0.25) is 4.79 Å². The van der Waals surface area contributed by atoms with Crippen LogP contribution in [0.15, 0.2) is 45.3 Å². The quantitative estimate of drug-likeness (QED) is 0.730. The predicted octanol–water partition coefficient (Wildman–Crippen LogP) is 4.82. The molecule has 0 unspecified atom stereocenters. The summed E-state index contributed by atoms with van der Waals surface area (Å²) in [7, 11) is 0. The lowest BCUT2D eigenvalue weighted by molar-refractivity contribution is 0.0696. The number of aromatic carboxylic acids is 1. The number of halogens is 3. The molecule has 2 N–H and O–H groups in total. The molecule has 4 nitrogen and oxygen atoms in total. The van der Waals surface area contributed by atoms with Crippen molar-refractivity contribution in [2.75, 3.05) is 5.32 Å². The van der Waals surface area contributed by atoms with Crippen molar-refractivity contribution in [3.05, 3.63) is 61.5 Å². The third-order valence-corrected chi connectivity index (χ3v) is 4.19. The smallest absolute Gasteiger partial charge is 0.335 e. The van der Waals surface area contributed by atoms with Crippen molar-refractivity contribution in [1.82, 2.24) is 0 Å². The Labute approximate surface area is 142 Å². The average molecular weight is 433 g/mol. The highest BCUT2D eigenvalue weighted by Gasteiger charge is 2.13. The van der Waals surface area contributed by atoms with Gasteiger partial charge in [0.2, 0.25) is 0 Å². The van der Waals surface area contributed by atoms with Crippen molar-refractivity contribution in [2.45, 2.75) is 0 Å². The van der Waals surface area contributed by atoms with Crippen LogP contribution in [0.5, 0.6) is 0 Å². The van der Waals surface area contributed by atoms with Crippen LogP contribution in [0.2, 0.25) is 5.02 Å². The second-order valence-corrected chi connectivity index (χ2v) is 6.22. The second kappa shape index (κ2) is 6.60. The summed E-state index contributed by atoms with van der Waals surface area (Å²) in [6.45, 7) is 0. The van der Waals surface area contributed by atoms with Gasteiger partial charge in [-0.1, -0.05) is 11.6 Å². The molecule has 0 saturated heterocycles. The van der Waals surface area contributed by atoms with Gasteiger partial charge in [-0.25, -0.2) is 4.79 Å². The lowest BCUT2D eigenvalue weighted by Gasteiger charge is -2.09. The van der Waals surface area contributed by atoms with E-state index < -0.39 is 5.97 Å². The van der Waals surface area contributed by atoms with Crippen LogP contribution in [-0.2, 0) is 0 Å². The van der Waals surface area contributed by atoms with Crippen LogP contribution >= 0.6 is 43.5 Å². The van der Waals surface area contributed by atoms with Gasteiger partial charge in [-0.05, 0) is 68.3 Å². The maximum atomic E-state index is 12.2. The van der Waals surface area contributed by atoms with Gasteiger partial charge in [0.05, 0.1) is 16.8 Å². The first-order valence-electron chi connectivity index (χ1n) is 5.67. The molecule has 0 aliphatic heterocycles. The first-order chi connectivity index (χ1) is 9.88. The maximum absolute atomic E-state index is 12.2. The number of carbonyl (C=O) groups excluding carboxylic acids is 1. The van der Waals surface area contributed by atoms with Crippen molar-refractivity contribution in [3.63, 3.8) is 0 Å². The van der Waals surface area contributed by atoms with Crippen LogP contribution in [-0.4, -0.2) is 17.0 Å². The van der Waals surface area contributed by atoms with Gasteiger partial charge in [0.1, 0.15) is 0 Å². The Morgan fingerprint density at radius 2 is 1.76 bits per heavy atom. The van der Waals surface area contributed by atoms with E-state index in [0.717, 1.165) is 0 Å². The highest BCUT2D eigenvalue weighted by atomic mass is 79.9. The molecule has 2 aromatic carbocycles. The Balaban J connectivity index is 2.25. The maximum Gasteiger partial charge on any atom is 0.335 e. The molecule has 0 saturated carbocycles. The summed E-state index contributed by atoms with van der Waals surface area (Å²) in [4.78, 5) is 23.1. The molecule has 21 heavy (non-hydrogen) atoms. The molecule has 0 bridgehead atoms. The zero-order valence-corrected chi connectivity index (χ0v) is 14.3. The summed E-state index contributed by atoms with van der Waals surface area (Å²) < 4.78 is 1.06. The first-order valence-corrected chi connectivity index (χ1v) is 7.64. The van der Waals surface area contributed by atoms with Gasteiger partial charge in [0.15, 0.2) is 0 Å². The number of hydrogen-bond acceptors (Lipinski definition) is 2. The lowest BCUT2D eigenvalue weighted by atomic mass is 10.2. The molecule has 2 aromatic rings. The number of anilines is 1. The van der Waals surface area contributed by atoms with E-state index in [1.54, 1.807) is 18.2 Å². The Hall–Kier alpha value is -1.37. The summed E-state index contributed by atoms with van der Waals surface area (Å²) in [5.74, 6) is -1.36. The summed E-state index contributed by atoms with van der Waals surface area (Å²) in [5.41, 5.74) is 1.04. The molecule has 108 valence electrons. The van der Waals surface area contributed by atoms with Gasteiger partial charge >= 0.3 is 5.97 Å². The van der Waals surface area contributed by atoms with Crippen LogP contribution in [0.25, 0.3) is 0 Å². The second-order valence-electron chi connectivity index (χ2n) is 4.08. The van der Waals surface area contributed by atoms with E-state index >= 15 is 0 Å². The van der Waals surface area contributed by atoms with Crippen LogP contribution < -0.4 is 5.32 Å². The van der Waals surface area contributed by atoms with Crippen molar-refractivity contribution < 1.29 is 14.7 Å². The molecule has 0 fully saturated rings. The monoisotopic (exact) mass is 431 g/mol. The fraction of sp³-hybridized carbons (Fsp3) is 0. The van der Waals surface area contributed by atoms with Crippen LogP contribution in [0.1, 0.15) is 20.7 Å². The Morgan fingerprint density at radius 3 is 2.33 bits per heavy atom. The molecular weight excluding hydrogens is 425 g/mol. The first kappa shape index (κ1) is 16.0. The summed E-state index contributed by atoms with van der Waals surface area (Å²) >= 11 is 12.3. The summed E-state index contributed by atoms with van der Waals surface area (Å²) in [6.07, 6.45) is 0. The molecule has 0 aliphatic rings. The minimum absolute atomic E-state index is 0.132. The molecule has 0 aromatic heterocycles. The number of hydrogen-bond donors (Lipinski definition) is 2. The van der Waals surface area contributed by atoms with Gasteiger partial charge in [-0.2, -0.15) is 0 Å². The fourth-order valence-corrected chi connectivity index (χ4v) is 2.95. The number of carbonyl (C=O) groups is 2. The molecular formula is C14H8Br2ClNO3. The average Bonchev–Trinajstić information content (AvgIpc) is 2.40. The zero-order chi connectivity index (χ0) is 15.6. The Morgan fingerprint density at radius 1 is 1.05 bits per heavy atom. The zero-order valence-electron chi connectivity index (χ0n) is 10.4. The van der Waals surface area contributed by atoms with E-state index in [0.29, 0.717) is 25.2 Å². The van der Waals surface area contributed by atoms with Crippen molar-refractivity contribution in [3.8, 4) is 0 Å². The van der Waals surface area contributed by atoms with E-state index in [1.807, 2.05) is 0 Å². The number of nitrogens with one attached hydrogen (secondary N) is 1. The number of amides is 1. The van der Waals surface area contributed by atoms with E-state index in [-0.39, 0.29) is 11.5 Å². The highest BCUT2D eigenvalue weighted by Crippen LogP contribution is 2.26. The van der Waals surface area contributed by atoms with Crippen LogP contribution in [0, 0.1) is 0 Å². The molecule has 1 amide bonds. The molecule has 0 spiro atoms. The van der Waals surface area contributed by atoms with E-state index in [4.69, 9.17) is 16.7 Å². The fourth-order valence-electron chi connectivity index (χ4n) is 1.61. The van der Waals surface area contributed by atoms with Crippen molar-refractivity contribution >= 4 is 61.0 Å². The van der Waals surface area contributed by atoms with E-state index in [1.165, 1.54) is 18.2 Å². The van der Waals surface area contributed by atoms with Crippen LogP contribution in [0.3, 0.4) is 0 Å². The number of benzene rings is 2. The molecule has 0 heterocycles. The lowest BCUT2D eigenvalue weighted by Crippen LogP contribution is -2.13. The number of rotatable bonds is 3. The molecule has 0 aliphatic carbocycles. The third-order valence-electron chi connectivity index (χ3n) is 2.64. The van der Waals surface area contributed by atoms with Gasteiger partial charge in [0, 0.05) is 14.0 Å². The molecule has 0 radical (unpaired) electrons. The number of carboxylic acid groups (broad SMARTS) is 1. The number of carboxylic acids is 1. The van der Waals surface area contributed by atoms with Gasteiger partial charge in [0.25, 0.3) is 5.91 Å². The minimum Gasteiger partial charge on any atom is -0.478 e. The van der Waals surface area contributed by atoms with Gasteiger partial charge in [-0.15, -0.1) is 0 Å². The highest BCUT2D eigenvalue weighted by molar-refractivity contribution is 9.11. The normalized spacial score (nSPS) is 10.2. The SMILES string of the molecule is O=C(O)c1ccc(NC(=O)c2ccc(Cl)cc2Br)c(Br)c1. The third kappa shape index (κ3) is 3.84. The molecule has 0 atom stereocenters. The largest absolute Gasteiger partial charge is 0.478 e. The standard InChI is InChI=1S/C14H8Br2ClNO3/c15-10-6-8(17)2-3-9(10)13(19)18-12-4-1-7(14(20)21)5-11(12)16/h1-6H,(H,18,19)(H,20,21). The van der Waals surface area contributed by atoms with E-state index in [9.17, 15) is 9.59 Å². The van der Waals surface area contributed by atoms with Crippen LogP contribution in [0.4, 0.5) is 5.69 Å². The Bertz CT molecular complexity index is 734. The van der Waals surface area contributed by atoms with Gasteiger partial charge < -0.3 is 10.4 Å². The topological polar surface area (TPSA) is 66.4 Å². The van der Waals surface area contributed by atoms with Crippen molar-refractivity contribution in [1.29, 1.82) is 0 Å². The molecule has 2 rings (SSSR count). The minimum atomic E-state index is -1.03. The Kier molecular flexibility index (Phi) is 5.03. The predicted molar refractivity (Wildman–Crippen MR) is 88.2 cm³/mol. The van der Waals surface area contributed by atoms with Crippen molar-refractivity contribution in [2.24, 2.45) is 0 Å². The molecule has 7 heteroatoms. The van der Waals surface area contributed by atoms with E-state index in [2.05, 4.69) is 37.2 Å².